The third-order valence-electron chi connectivity index (χ3n) is 6.07. The molecular formula is C20H28N2O. The number of likely N-dealkylation sites (tertiary alicyclic amines) is 2. The summed E-state index contributed by atoms with van der Waals surface area (Å²) in [4.78, 5) is 16.7. The second kappa shape index (κ2) is 6.64. The molecule has 2 heterocycles. The molecule has 3 heteroatoms. The normalized spacial score (nSPS) is 26.0. The van der Waals surface area contributed by atoms with Gasteiger partial charge in [-0.05, 0) is 56.2 Å². The van der Waals surface area contributed by atoms with E-state index in [1.807, 2.05) is 0 Å². The molecule has 2 saturated heterocycles. The van der Waals surface area contributed by atoms with Crippen LogP contribution < -0.4 is 0 Å². The Balaban J connectivity index is 1.39. The lowest BCUT2D eigenvalue weighted by atomic mass is 9.96. The van der Waals surface area contributed by atoms with E-state index >= 15 is 0 Å². The molecule has 2 fully saturated rings. The zero-order valence-corrected chi connectivity index (χ0v) is 14.0. The van der Waals surface area contributed by atoms with Crippen molar-refractivity contribution in [2.45, 2.75) is 63.5 Å². The third-order valence-corrected chi connectivity index (χ3v) is 6.07. The lowest BCUT2D eigenvalue weighted by Gasteiger charge is -2.40. The molecule has 0 N–H and O–H groups in total. The predicted molar refractivity (Wildman–Crippen MR) is 92.4 cm³/mol. The van der Waals surface area contributed by atoms with E-state index in [9.17, 15) is 4.79 Å². The first-order valence-electron chi connectivity index (χ1n) is 9.41. The summed E-state index contributed by atoms with van der Waals surface area (Å²) in [6.07, 6.45) is 9.44. The maximum atomic E-state index is 11.8. The number of hydrogen-bond donors (Lipinski definition) is 0. The molecule has 2 aliphatic heterocycles. The second-order valence-corrected chi connectivity index (χ2v) is 7.49. The molecule has 4 rings (SSSR count). The average Bonchev–Trinajstić information content (AvgIpc) is 3.19. The van der Waals surface area contributed by atoms with E-state index in [1.54, 1.807) is 11.1 Å². The molecule has 1 amide bonds. The highest BCUT2D eigenvalue weighted by molar-refractivity contribution is 5.78. The monoisotopic (exact) mass is 312 g/mol. The van der Waals surface area contributed by atoms with Crippen molar-refractivity contribution in [1.82, 2.24) is 9.80 Å². The average molecular weight is 312 g/mol. The van der Waals surface area contributed by atoms with Gasteiger partial charge in [0.2, 0.25) is 5.91 Å². The van der Waals surface area contributed by atoms with Crippen LogP contribution in [0.15, 0.2) is 24.3 Å². The molecule has 23 heavy (non-hydrogen) atoms. The van der Waals surface area contributed by atoms with Crippen molar-refractivity contribution in [1.29, 1.82) is 0 Å². The highest BCUT2D eigenvalue weighted by Crippen LogP contribution is 2.31. The number of rotatable bonds is 4. The van der Waals surface area contributed by atoms with Crippen molar-refractivity contribution in [3.8, 4) is 0 Å². The van der Waals surface area contributed by atoms with Gasteiger partial charge in [0, 0.05) is 31.6 Å². The van der Waals surface area contributed by atoms with E-state index in [2.05, 4.69) is 34.1 Å². The summed E-state index contributed by atoms with van der Waals surface area (Å²) in [6, 6.07) is 10.3. The highest BCUT2D eigenvalue weighted by Gasteiger charge is 2.33. The van der Waals surface area contributed by atoms with Gasteiger partial charge in [0.05, 0.1) is 0 Å². The van der Waals surface area contributed by atoms with E-state index in [4.69, 9.17) is 0 Å². The van der Waals surface area contributed by atoms with Crippen LogP contribution in [0.1, 0.15) is 49.7 Å². The van der Waals surface area contributed by atoms with Gasteiger partial charge in [-0.15, -0.1) is 0 Å². The molecular weight excluding hydrogens is 284 g/mol. The lowest BCUT2D eigenvalue weighted by molar-refractivity contribution is -0.127. The standard InChI is InChI=1S/C20H28N2O/c23-20-9-5-11-21(20)13-10-18-8-3-4-12-22(18)19-14-16-6-1-2-7-17(16)15-19/h1-2,6-7,18-19H,3-5,8-15H2/t18-/m0/s1. The van der Waals surface area contributed by atoms with Crippen LogP contribution in [0.25, 0.3) is 0 Å². The van der Waals surface area contributed by atoms with Gasteiger partial charge in [0.15, 0.2) is 0 Å². The van der Waals surface area contributed by atoms with Gasteiger partial charge in [-0.3, -0.25) is 9.69 Å². The first kappa shape index (κ1) is 15.2. The Bertz CT molecular complexity index is 546. The minimum Gasteiger partial charge on any atom is -0.343 e. The highest BCUT2D eigenvalue weighted by atomic mass is 16.2. The fourth-order valence-corrected chi connectivity index (χ4v) is 4.83. The summed E-state index contributed by atoms with van der Waals surface area (Å²) in [5.74, 6) is 0.376. The Morgan fingerprint density at radius 1 is 1.00 bits per heavy atom. The molecule has 0 unspecified atom stereocenters. The molecule has 124 valence electrons. The second-order valence-electron chi connectivity index (χ2n) is 7.49. The van der Waals surface area contributed by atoms with Crippen molar-refractivity contribution in [3.63, 3.8) is 0 Å². The van der Waals surface area contributed by atoms with Crippen LogP contribution in [-0.2, 0) is 17.6 Å². The minimum atomic E-state index is 0.376. The van der Waals surface area contributed by atoms with Crippen molar-refractivity contribution in [3.05, 3.63) is 35.4 Å². The maximum absolute atomic E-state index is 11.8. The van der Waals surface area contributed by atoms with Crippen molar-refractivity contribution < 1.29 is 4.79 Å². The Hall–Kier alpha value is -1.35. The van der Waals surface area contributed by atoms with Gasteiger partial charge in [0.1, 0.15) is 0 Å². The van der Waals surface area contributed by atoms with E-state index in [0.717, 1.165) is 25.9 Å². The SMILES string of the molecule is O=C1CCCN1CC[C@@H]1CCCCN1C1Cc2ccccc2C1. The molecule has 0 bridgehead atoms. The van der Waals surface area contributed by atoms with Crippen LogP contribution in [0.4, 0.5) is 0 Å². The minimum absolute atomic E-state index is 0.376. The summed E-state index contributed by atoms with van der Waals surface area (Å²) < 4.78 is 0. The summed E-state index contributed by atoms with van der Waals surface area (Å²) >= 11 is 0. The fraction of sp³-hybridized carbons (Fsp3) is 0.650. The smallest absolute Gasteiger partial charge is 0.222 e. The van der Waals surface area contributed by atoms with Crippen LogP contribution >= 0.6 is 0 Å². The van der Waals surface area contributed by atoms with Gasteiger partial charge >= 0.3 is 0 Å². The molecule has 1 atom stereocenters. The van der Waals surface area contributed by atoms with E-state index in [-0.39, 0.29) is 0 Å². The zero-order valence-electron chi connectivity index (χ0n) is 14.0. The summed E-state index contributed by atoms with van der Waals surface area (Å²) in [7, 11) is 0. The van der Waals surface area contributed by atoms with E-state index < -0.39 is 0 Å². The predicted octanol–water partition coefficient (Wildman–Crippen LogP) is 3.02. The molecule has 0 saturated carbocycles. The fourth-order valence-electron chi connectivity index (χ4n) is 4.83. The lowest BCUT2D eigenvalue weighted by Crippen LogP contribution is -2.48. The van der Waals surface area contributed by atoms with Crippen LogP contribution in [0.3, 0.4) is 0 Å². The molecule has 3 nitrogen and oxygen atoms in total. The van der Waals surface area contributed by atoms with E-state index in [0.29, 0.717) is 18.0 Å². The van der Waals surface area contributed by atoms with Crippen LogP contribution in [-0.4, -0.2) is 47.4 Å². The van der Waals surface area contributed by atoms with Crippen LogP contribution in [0, 0.1) is 0 Å². The van der Waals surface area contributed by atoms with Crippen molar-refractivity contribution >= 4 is 5.91 Å². The number of carbonyl (C=O) groups is 1. The molecule has 1 aromatic carbocycles. The maximum Gasteiger partial charge on any atom is 0.222 e. The number of nitrogens with zero attached hydrogens (tertiary/aromatic N) is 2. The first-order valence-corrected chi connectivity index (χ1v) is 9.41. The quantitative estimate of drug-likeness (QED) is 0.853. The molecule has 0 spiro atoms. The summed E-state index contributed by atoms with van der Waals surface area (Å²) in [6.45, 7) is 3.21. The summed E-state index contributed by atoms with van der Waals surface area (Å²) in [5.41, 5.74) is 3.10. The molecule has 1 aromatic rings. The van der Waals surface area contributed by atoms with Gasteiger partial charge in [-0.2, -0.15) is 0 Å². The van der Waals surface area contributed by atoms with E-state index in [1.165, 1.54) is 45.1 Å². The molecule has 0 radical (unpaired) electrons. The van der Waals surface area contributed by atoms with Crippen molar-refractivity contribution in [2.24, 2.45) is 0 Å². The number of piperidine rings is 1. The van der Waals surface area contributed by atoms with Gasteiger partial charge in [-0.1, -0.05) is 30.7 Å². The number of fused-ring (bicyclic) bond motifs is 1. The van der Waals surface area contributed by atoms with Crippen molar-refractivity contribution in [2.75, 3.05) is 19.6 Å². The Kier molecular flexibility index (Phi) is 4.39. The number of benzene rings is 1. The molecule has 0 aromatic heterocycles. The Morgan fingerprint density at radius 3 is 2.48 bits per heavy atom. The number of carbonyl (C=O) groups excluding carboxylic acids is 1. The van der Waals surface area contributed by atoms with Gasteiger partial charge in [0.25, 0.3) is 0 Å². The number of amides is 1. The topological polar surface area (TPSA) is 23.6 Å². The van der Waals surface area contributed by atoms with Gasteiger partial charge in [-0.25, -0.2) is 0 Å². The molecule has 1 aliphatic carbocycles. The first-order chi connectivity index (χ1) is 11.3. The molecule has 3 aliphatic rings. The van der Waals surface area contributed by atoms with Crippen LogP contribution in [0.2, 0.25) is 0 Å². The summed E-state index contributed by atoms with van der Waals surface area (Å²) in [5, 5.41) is 0. The number of hydrogen-bond acceptors (Lipinski definition) is 2. The Morgan fingerprint density at radius 2 is 1.78 bits per heavy atom. The largest absolute Gasteiger partial charge is 0.343 e. The van der Waals surface area contributed by atoms with Crippen LogP contribution in [0.5, 0.6) is 0 Å². The third kappa shape index (κ3) is 3.16. The van der Waals surface area contributed by atoms with Gasteiger partial charge < -0.3 is 4.90 Å². The Labute approximate surface area is 139 Å². The zero-order chi connectivity index (χ0) is 15.6.